The predicted octanol–water partition coefficient (Wildman–Crippen LogP) is 3.54. The first-order valence-corrected chi connectivity index (χ1v) is 7.53. The van der Waals surface area contributed by atoms with Crippen LogP contribution in [0.15, 0.2) is 23.3 Å². The quantitative estimate of drug-likeness (QED) is 0.674. The van der Waals surface area contributed by atoms with Crippen LogP contribution in [0.1, 0.15) is 22.5 Å². The third-order valence-electron chi connectivity index (χ3n) is 3.34. The van der Waals surface area contributed by atoms with E-state index in [9.17, 15) is 4.79 Å². The molecule has 23 heavy (non-hydrogen) atoms. The number of halogens is 2. The monoisotopic (exact) mass is 354 g/mol. The summed E-state index contributed by atoms with van der Waals surface area (Å²) < 4.78 is 6.24. The lowest BCUT2D eigenvalue weighted by atomic mass is 10.2. The van der Waals surface area contributed by atoms with Crippen LogP contribution in [0.2, 0.25) is 10.0 Å². The van der Waals surface area contributed by atoms with Gasteiger partial charge in [-0.1, -0.05) is 29.3 Å². The minimum absolute atomic E-state index is 0.448. The van der Waals surface area contributed by atoms with Gasteiger partial charge in [-0.15, -0.1) is 0 Å². The Morgan fingerprint density at radius 2 is 2.04 bits per heavy atom. The maximum absolute atomic E-state index is 11.0. The lowest BCUT2D eigenvalue weighted by Gasteiger charge is -2.08. The van der Waals surface area contributed by atoms with Gasteiger partial charge in [-0.25, -0.2) is 10.2 Å². The van der Waals surface area contributed by atoms with Crippen LogP contribution < -0.4 is 5.43 Å². The number of aryl methyl sites for hydroxylation is 1. The number of hydrogen-bond donors (Lipinski definition) is 1. The van der Waals surface area contributed by atoms with E-state index >= 15 is 0 Å². The lowest BCUT2D eigenvalue weighted by molar-refractivity contribution is 0.171. The zero-order valence-corrected chi connectivity index (χ0v) is 14.4. The smallest absolute Gasteiger partial charge is 0.427 e. The van der Waals surface area contributed by atoms with Crippen molar-refractivity contribution in [3.05, 3.63) is 50.8 Å². The number of benzene rings is 1. The molecule has 1 amide bonds. The lowest BCUT2D eigenvalue weighted by Crippen LogP contribution is -2.16. The Morgan fingerprint density at radius 1 is 1.39 bits per heavy atom. The summed E-state index contributed by atoms with van der Waals surface area (Å²) >= 11 is 12.4. The summed E-state index contributed by atoms with van der Waals surface area (Å²) in [7, 11) is 1.27. The molecule has 0 bridgehead atoms. The van der Waals surface area contributed by atoms with E-state index in [0.29, 0.717) is 16.6 Å². The third-order valence-corrected chi connectivity index (χ3v) is 4.05. The molecule has 1 aromatic heterocycles. The molecule has 1 heterocycles. The van der Waals surface area contributed by atoms with Gasteiger partial charge in [-0.2, -0.15) is 10.2 Å². The standard InChI is InChI=1S/C15H16Cl2N4O2/c1-9-11(7-18-19-15(22)23-3)10(2)21(20-9)8-12-13(16)5-4-6-14(12)17/h4-7H,8H2,1-3H3,(H,19,22)/b18-7-. The number of methoxy groups -OCH3 is 1. The van der Waals surface area contributed by atoms with Crippen LogP contribution in [0.4, 0.5) is 4.79 Å². The highest BCUT2D eigenvalue weighted by Crippen LogP contribution is 2.26. The molecule has 8 heteroatoms. The zero-order chi connectivity index (χ0) is 17.0. The van der Waals surface area contributed by atoms with Crippen LogP contribution in [0, 0.1) is 13.8 Å². The van der Waals surface area contributed by atoms with E-state index < -0.39 is 6.09 Å². The normalized spacial score (nSPS) is 11.0. The molecule has 122 valence electrons. The Kier molecular flexibility index (Phi) is 5.63. The molecule has 0 atom stereocenters. The average molecular weight is 355 g/mol. The molecule has 6 nitrogen and oxygen atoms in total. The summed E-state index contributed by atoms with van der Waals surface area (Å²) in [6.07, 6.45) is 0.894. The summed E-state index contributed by atoms with van der Waals surface area (Å²) in [5.41, 5.74) is 5.52. The van der Waals surface area contributed by atoms with Gasteiger partial charge in [0.1, 0.15) is 0 Å². The van der Waals surface area contributed by atoms with Gasteiger partial charge in [-0.3, -0.25) is 4.68 Å². The molecular formula is C15H16Cl2N4O2. The maximum atomic E-state index is 11.0. The zero-order valence-electron chi connectivity index (χ0n) is 12.9. The molecule has 0 aliphatic carbocycles. The Bertz CT molecular complexity index is 736. The van der Waals surface area contributed by atoms with Crippen LogP contribution in [-0.2, 0) is 11.3 Å². The minimum atomic E-state index is -0.633. The van der Waals surface area contributed by atoms with Gasteiger partial charge in [0.25, 0.3) is 0 Å². The Balaban J connectivity index is 2.25. The van der Waals surface area contributed by atoms with Crippen LogP contribution in [0.5, 0.6) is 0 Å². The summed E-state index contributed by atoms with van der Waals surface area (Å²) in [4.78, 5) is 11.0. The summed E-state index contributed by atoms with van der Waals surface area (Å²) in [6.45, 7) is 4.21. The number of carbonyl (C=O) groups excluding carboxylic acids is 1. The topological polar surface area (TPSA) is 68.5 Å². The highest BCUT2D eigenvalue weighted by Gasteiger charge is 2.13. The fraction of sp³-hybridized carbons (Fsp3) is 0.267. The largest absolute Gasteiger partial charge is 0.452 e. The number of nitrogens with one attached hydrogen (secondary N) is 1. The van der Waals surface area contributed by atoms with Crippen LogP contribution in [0.25, 0.3) is 0 Å². The number of aromatic nitrogens is 2. The first-order valence-electron chi connectivity index (χ1n) is 6.78. The van der Waals surface area contributed by atoms with Gasteiger partial charge in [0.15, 0.2) is 0 Å². The maximum Gasteiger partial charge on any atom is 0.427 e. The second kappa shape index (κ2) is 7.48. The molecule has 1 N–H and O–H groups in total. The summed E-state index contributed by atoms with van der Waals surface area (Å²) in [5.74, 6) is 0. The van der Waals surface area contributed by atoms with E-state index in [1.54, 1.807) is 22.9 Å². The minimum Gasteiger partial charge on any atom is -0.452 e. The number of amides is 1. The van der Waals surface area contributed by atoms with Crippen molar-refractivity contribution < 1.29 is 9.53 Å². The molecule has 0 saturated heterocycles. The molecule has 0 fully saturated rings. The van der Waals surface area contributed by atoms with E-state index in [2.05, 4.69) is 20.4 Å². The number of rotatable bonds is 4. The van der Waals surface area contributed by atoms with E-state index in [4.69, 9.17) is 23.2 Å². The molecule has 0 aliphatic heterocycles. The fourth-order valence-electron chi connectivity index (χ4n) is 2.08. The molecule has 0 radical (unpaired) electrons. The Labute approximate surface area is 144 Å². The molecule has 2 rings (SSSR count). The van der Waals surface area contributed by atoms with Crippen molar-refractivity contribution in [2.24, 2.45) is 5.10 Å². The Hall–Kier alpha value is -2.05. The van der Waals surface area contributed by atoms with Crippen molar-refractivity contribution >= 4 is 35.5 Å². The van der Waals surface area contributed by atoms with Crippen molar-refractivity contribution in [3.63, 3.8) is 0 Å². The van der Waals surface area contributed by atoms with E-state index in [1.165, 1.54) is 13.3 Å². The molecule has 0 spiro atoms. The van der Waals surface area contributed by atoms with Crippen LogP contribution in [0.3, 0.4) is 0 Å². The van der Waals surface area contributed by atoms with Gasteiger partial charge in [-0.05, 0) is 26.0 Å². The van der Waals surface area contributed by atoms with Crippen molar-refractivity contribution in [1.29, 1.82) is 0 Å². The number of ether oxygens (including phenoxy) is 1. The molecular weight excluding hydrogens is 339 g/mol. The molecule has 0 saturated carbocycles. The SMILES string of the molecule is COC(=O)N/N=C\c1c(C)nn(Cc2c(Cl)cccc2Cl)c1C. The Morgan fingerprint density at radius 3 is 2.65 bits per heavy atom. The fourth-order valence-corrected chi connectivity index (χ4v) is 2.60. The number of hydrogen-bond acceptors (Lipinski definition) is 4. The van der Waals surface area contributed by atoms with Gasteiger partial charge < -0.3 is 4.74 Å². The second-order valence-electron chi connectivity index (χ2n) is 4.80. The molecule has 2 aromatic rings. The molecule has 1 aromatic carbocycles. The number of nitrogens with zero attached hydrogens (tertiary/aromatic N) is 3. The predicted molar refractivity (Wildman–Crippen MR) is 90.4 cm³/mol. The highest BCUT2D eigenvalue weighted by atomic mass is 35.5. The van der Waals surface area contributed by atoms with Gasteiger partial charge in [0.05, 0.1) is 25.6 Å². The third kappa shape index (κ3) is 4.03. The van der Waals surface area contributed by atoms with Gasteiger partial charge in [0, 0.05) is 26.9 Å². The van der Waals surface area contributed by atoms with Crippen molar-refractivity contribution in [3.8, 4) is 0 Å². The van der Waals surface area contributed by atoms with Gasteiger partial charge in [0.2, 0.25) is 0 Å². The van der Waals surface area contributed by atoms with E-state index in [-0.39, 0.29) is 0 Å². The van der Waals surface area contributed by atoms with Crippen molar-refractivity contribution in [1.82, 2.24) is 15.2 Å². The molecule has 0 unspecified atom stereocenters. The molecule has 0 aliphatic rings. The summed E-state index contributed by atoms with van der Waals surface area (Å²) in [5, 5.41) is 9.49. The van der Waals surface area contributed by atoms with E-state index in [1.807, 2.05) is 13.8 Å². The van der Waals surface area contributed by atoms with Gasteiger partial charge >= 0.3 is 6.09 Å². The average Bonchev–Trinajstić information content (AvgIpc) is 2.78. The van der Waals surface area contributed by atoms with Crippen LogP contribution in [-0.4, -0.2) is 29.2 Å². The first kappa shape index (κ1) is 17.3. The first-order chi connectivity index (χ1) is 10.9. The van der Waals surface area contributed by atoms with E-state index in [0.717, 1.165) is 22.5 Å². The number of carbonyl (C=O) groups is 1. The number of hydrazone groups is 1. The summed E-state index contributed by atoms with van der Waals surface area (Å²) in [6, 6.07) is 5.38. The van der Waals surface area contributed by atoms with Crippen molar-refractivity contribution in [2.75, 3.05) is 7.11 Å². The highest BCUT2D eigenvalue weighted by molar-refractivity contribution is 6.35. The van der Waals surface area contributed by atoms with Crippen LogP contribution >= 0.6 is 23.2 Å². The van der Waals surface area contributed by atoms with Crippen molar-refractivity contribution in [2.45, 2.75) is 20.4 Å². The second-order valence-corrected chi connectivity index (χ2v) is 5.62.